The van der Waals surface area contributed by atoms with Gasteiger partial charge in [0, 0.05) is 0 Å². The van der Waals surface area contributed by atoms with Gasteiger partial charge in [-0.1, -0.05) is 0 Å². The summed E-state index contributed by atoms with van der Waals surface area (Å²) in [7, 11) is 0. The highest BCUT2D eigenvalue weighted by Gasteiger charge is 2.42. The number of hydrogen-bond donors (Lipinski definition) is 2. The third-order valence-corrected chi connectivity index (χ3v) is 1.32. The first-order chi connectivity index (χ1) is 6.16. The standard InChI is InChI=1S/C6H8F3NO4/c1-2(3(10)4(11)12)14-5(13)6(7,8)9/h2-3H,10H2,1H3,(H,11,12)/t2-,3-/m0/s1. The van der Waals surface area contributed by atoms with Gasteiger partial charge in [0.2, 0.25) is 0 Å². The van der Waals surface area contributed by atoms with Crippen molar-refractivity contribution >= 4 is 11.9 Å². The minimum atomic E-state index is -5.15. The van der Waals surface area contributed by atoms with Crippen molar-refractivity contribution in [3.8, 4) is 0 Å². The molecule has 5 nitrogen and oxygen atoms in total. The Morgan fingerprint density at radius 3 is 2.14 bits per heavy atom. The second-order valence-electron chi connectivity index (χ2n) is 2.47. The molecule has 0 aliphatic rings. The monoisotopic (exact) mass is 215 g/mol. The Morgan fingerprint density at radius 1 is 1.43 bits per heavy atom. The van der Waals surface area contributed by atoms with Gasteiger partial charge >= 0.3 is 18.1 Å². The molecule has 2 atom stereocenters. The molecule has 0 fully saturated rings. The van der Waals surface area contributed by atoms with Gasteiger partial charge in [-0.25, -0.2) is 4.79 Å². The maximum atomic E-state index is 11.6. The van der Waals surface area contributed by atoms with Crippen molar-refractivity contribution in [1.82, 2.24) is 0 Å². The van der Waals surface area contributed by atoms with E-state index in [4.69, 9.17) is 10.8 Å². The molecule has 8 heteroatoms. The number of halogens is 3. The van der Waals surface area contributed by atoms with E-state index in [0.29, 0.717) is 0 Å². The summed E-state index contributed by atoms with van der Waals surface area (Å²) in [5.74, 6) is -4.01. The van der Waals surface area contributed by atoms with E-state index in [1.54, 1.807) is 0 Å². The second-order valence-corrected chi connectivity index (χ2v) is 2.47. The molecule has 0 aromatic heterocycles. The fourth-order valence-electron chi connectivity index (χ4n) is 0.510. The van der Waals surface area contributed by atoms with Crippen molar-refractivity contribution in [1.29, 1.82) is 0 Å². The van der Waals surface area contributed by atoms with E-state index in [9.17, 15) is 22.8 Å². The summed E-state index contributed by atoms with van der Waals surface area (Å²) in [6.45, 7) is 0.961. The third-order valence-electron chi connectivity index (χ3n) is 1.32. The Morgan fingerprint density at radius 2 is 1.86 bits per heavy atom. The first kappa shape index (κ1) is 12.7. The minimum Gasteiger partial charge on any atom is -0.480 e. The molecule has 0 heterocycles. The highest BCUT2D eigenvalue weighted by Crippen LogP contribution is 2.17. The second kappa shape index (κ2) is 4.27. The van der Waals surface area contributed by atoms with Crippen LogP contribution in [-0.4, -0.2) is 35.4 Å². The number of alkyl halides is 3. The van der Waals surface area contributed by atoms with Gasteiger partial charge in [-0.3, -0.25) is 4.79 Å². The van der Waals surface area contributed by atoms with E-state index < -0.39 is 30.3 Å². The van der Waals surface area contributed by atoms with Gasteiger partial charge in [0.25, 0.3) is 0 Å². The van der Waals surface area contributed by atoms with Crippen LogP contribution >= 0.6 is 0 Å². The van der Waals surface area contributed by atoms with Crippen LogP contribution < -0.4 is 5.73 Å². The maximum absolute atomic E-state index is 11.6. The van der Waals surface area contributed by atoms with Crippen LogP contribution in [0.25, 0.3) is 0 Å². The summed E-state index contributed by atoms with van der Waals surface area (Å²) < 4.78 is 38.6. The lowest BCUT2D eigenvalue weighted by Crippen LogP contribution is -2.44. The Bertz CT molecular complexity index is 240. The third kappa shape index (κ3) is 3.60. The Labute approximate surface area is 76.6 Å². The number of rotatable bonds is 3. The van der Waals surface area contributed by atoms with E-state index in [-0.39, 0.29) is 0 Å². The number of carbonyl (C=O) groups excluding carboxylic acids is 1. The number of aliphatic carboxylic acids is 1. The zero-order valence-corrected chi connectivity index (χ0v) is 7.04. The quantitative estimate of drug-likeness (QED) is 0.641. The number of hydrogen-bond acceptors (Lipinski definition) is 4. The summed E-state index contributed by atoms with van der Waals surface area (Å²) in [6.07, 6.45) is -6.69. The van der Waals surface area contributed by atoms with Gasteiger partial charge in [-0.05, 0) is 6.92 Å². The Kier molecular flexibility index (Phi) is 3.87. The van der Waals surface area contributed by atoms with Crippen LogP contribution in [0, 0.1) is 0 Å². The van der Waals surface area contributed by atoms with Crippen LogP contribution in [0.15, 0.2) is 0 Å². The normalized spacial score (nSPS) is 15.8. The zero-order valence-electron chi connectivity index (χ0n) is 7.04. The van der Waals surface area contributed by atoms with E-state index in [2.05, 4.69) is 4.74 Å². The van der Waals surface area contributed by atoms with Gasteiger partial charge < -0.3 is 15.6 Å². The van der Waals surface area contributed by atoms with Crippen molar-refractivity contribution in [3.05, 3.63) is 0 Å². The average molecular weight is 215 g/mol. The van der Waals surface area contributed by atoms with E-state index >= 15 is 0 Å². The molecule has 0 aliphatic carbocycles. The van der Waals surface area contributed by atoms with Crippen molar-refractivity contribution in [2.45, 2.75) is 25.2 Å². The molecule has 14 heavy (non-hydrogen) atoms. The largest absolute Gasteiger partial charge is 0.490 e. The molecule has 0 rings (SSSR count). The first-order valence-corrected chi connectivity index (χ1v) is 3.42. The summed E-state index contributed by atoms with van der Waals surface area (Å²) in [6, 6.07) is -1.68. The fraction of sp³-hybridized carbons (Fsp3) is 0.667. The molecule has 3 N–H and O–H groups in total. The Balaban J connectivity index is 4.27. The van der Waals surface area contributed by atoms with Gasteiger partial charge in [-0.15, -0.1) is 0 Å². The molecule has 0 saturated carbocycles. The number of nitrogens with two attached hydrogens (primary N) is 1. The van der Waals surface area contributed by atoms with Crippen molar-refractivity contribution < 1.29 is 32.6 Å². The topological polar surface area (TPSA) is 89.6 Å². The summed E-state index contributed by atoms with van der Waals surface area (Å²) in [4.78, 5) is 20.4. The van der Waals surface area contributed by atoms with Gasteiger partial charge in [-0.2, -0.15) is 13.2 Å². The van der Waals surface area contributed by atoms with Gasteiger partial charge in [0.05, 0.1) is 0 Å². The highest BCUT2D eigenvalue weighted by molar-refractivity contribution is 5.78. The van der Waals surface area contributed by atoms with E-state index in [0.717, 1.165) is 6.92 Å². The molecule has 0 aromatic rings. The molecule has 0 amide bonds. The van der Waals surface area contributed by atoms with Crippen LogP contribution in [0.3, 0.4) is 0 Å². The lowest BCUT2D eigenvalue weighted by atomic mass is 10.2. The van der Waals surface area contributed by atoms with Crippen LogP contribution in [-0.2, 0) is 14.3 Å². The van der Waals surface area contributed by atoms with Crippen molar-refractivity contribution in [2.24, 2.45) is 5.73 Å². The zero-order chi connectivity index (χ0) is 11.5. The number of ether oxygens (including phenoxy) is 1. The van der Waals surface area contributed by atoms with Gasteiger partial charge in [0.1, 0.15) is 12.1 Å². The first-order valence-electron chi connectivity index (χ1n) is 3.42. The molecule has 0 saturated heterocycles. The minimum absolute atomic E-state index is 0.961. The molecule has 0 aliphatic heterocycles. The van der Waals surface area contributed by atoms with Crippen LogP contribution in [0.2, 0.25) is 0 Å². The summed E-state index contributed by atoms with van der Waals surface area (Å²) in [5.41, 5.74) is 4.91. The summed E-state index contributed by atoms with van der Waals surface area (Å²) in [5, 5.41) is 8.27. The summed E-state index contributed by atoms with van der Waals surface area (Å²) >= 11 is 0. The number of carboxylic acids is 1. The predicted molar refractivity (Wildman–Crippen MR) is 37.2 cm³/mol. The van der Waals surface area contributed by atoms with Crippen LogP contribution in [0.1, 0.15) is 6.92 Å². The molecule has 0 radical (unpaired) electrons. The van der Waals surface area contributed by atoms with E-state index in [1.165, 1.54) is 0 Å². The lowest BCUT2D eigenvalue weighted by molar-refractivity contribution is -0.205. The van der Waals surface area contributed by atoms with Crippen LogP contribution in [0.5, 0.6) is 0 Å². The Hall–Kier alpha value is -1.31. The molecule has 0 unspecified atom stereocenters. The molecule has 0 aromatic carbocycles. The maximum Gasteiger partial charge on any atom is 0.490 e. The number of carbonyl (C=O) groups is 2. The fourth-order valence-corrected chi connectivity index (χ4v) is 0.510. The van der Waals surface area contributed by atoms with Gasteiger partial charge in [0.15, 0.2) is 0 Å². The van der Waals surface area contributed by atoms with E-state index in [1.807, 2.05) is 0 Å². The smallest absolute Gasteiger partial charge is 0.480 e. The van der Waals surface area contributed by atoms with Crippen LogP contribution in [0.4, 0.5) is 13.2 Å². The SMILES string of the molecule is C[C@H](OC(=O)C(F)(F)F)[C@H](N)C(=O)O. The molecule has 82 valence electrons. The predicted octanol–water partition coefficient (Wildman–Crippen LogP) is -0.108. The average Bonchev–Trinajstić information content (AvgIpc) is 2.00. The highest BCUT2D eigenvalue weighted by atomic mass is 19.4. The van der Waals surface area contributed by atoms with Crippen molar-refractivity contribution in [2.75, 3.05) is 0 Å². The number of carboxylic acid groups (broad SMARTS) is 1. The lowest BCUT2D eigenvalue weighted by Gasteiger charge is -2.17. The molecular formula is C6H8F3NO4. The molecule has 0 spiro atoms. The molecule has 0 bridgehead atoms. The number of esters is 1. The van der Waals surface area contributed by atoms with Crippen molar-refractivity contribution in [3.63, 3.8) is 0 Å². The molecular weight excluding hydrogens is 207 g/mol.